The number of ether oxygens (including phenoxy) is 2. The van der Waals surface area contributed by atoms with Crippen LogP contribution in [0.5, 0.6) is 0 Å². The Hall–Kier alpha value is -0.520. The van der Waals surface area contributed by atoms with Gasteiger partial charge in [-0.2, -0.15) is 0 Å². The van der Waals surface area contributed by atoms with Crippen molar-refractivity contribution in [3.8, 4) is 0 Å². The molecule has 96 valence electrons. The number of amides is 1. The minimum Gasteiger partial charge on any atom is -0.444 e. The molecular formula is C10H21ClN2O3. The number of nitrogens with zero attached hydrogens (tertiary/aromatic N) is 1. The Morgan fingerprint density at radius 1 is 1.38 bits per heavy atom. The highest BCUT2D eigenvalue weighted by Crippen LogP contribution is 2.16. The molecule has 1 fully saturated rings. The molecule has 2 N–H and O–H groups in total. The molecule has 1 aliphatic rings. The van der Waals surface area contributed by atoms with Crippen LogP contribution >= 0.6 is 12.4 Å². The number of nitrogens with two attached hydrogens (primary N) is 1. The van der Waals surface area contributed by atoms with Crippen molar-refractivity contribution < 1.29 is 14.3 Å². The molecule has 0 aromatic heterocycles. The maximum atomic E-state index is 11.7. The molecule has 1 saturated heterocycles. The Labute approximate surface area is 103 Å². The summed E-state index contributed by atoms with van der Waals surface area (Å²) in [7, 11) is 1.60. The smallest absolute Gasteiger partial charge is 0.410 e. The number of hydrogen-bond donors (Lipinski definition) is 1. The molecular weight excluding hydrogens is 232 g/mol. The minimum atomic E-state index is -0.466. The molecule has 0 radical (unpaired) electrons. The fourth-order valence-electron chi connectivity index (χ4n) is 1.52. The number of methoxy groups -OCH3 is 1. The zero-order valence-corrected chi connectivity index (χ0v) is 11.0. The molecule has 1 rings (SSSR count). The van der Waals surface area contributed by atoms with Crippen LogP contribution in [0.3, 0.4) is 0 Å². The van der Waals surface area contributed by atoms with Gasteiger partial charge in [0.25, 0.3) is 0 Å². The van der Waals surface area contributed by atoms with Crippen LogP contribution in [0, 0.1) is 0 Å². The molecule has 0 aromatic rings. The Bertz CT molecular complexity index is 243. The van der Waals surface area contributed by atoms with Gasteiger partial charge in [-0.3, -0.25) is 0 Å². The van der Waals surface area contributed by atoms with Crippen LogP contribution in [-0.2, 0) is 9.47 Å². The van der Waals surface area contributed by atoms with Gasteiger partial charge in [0.2, 0.25) is 0 Å². The van der Waals surface area contributed by atoms with E-state index in [0.717, 1.165) is 0 Å². The fourth-order valence-corrected chi connectivity index (χ4v) is 1.52. The summed E-state index contributed by atoms with van der Waals surface area (Å²) in [5.41, 5.74) is 5.34. The van der Waals surface area contributed by atoms with Gasteiger partial charge in [0, 0.05) is 13.7 Å². The predicted molar refractivity (Wildman–Crippen MR) is 63.8 cm³/mol. The van der Waals surface area contributed by atoms with E-state index in [-0.39, 0.29) is 30.6 Å². The maximum Gasteiger partial charge on any atom is 0.410 e. The van der Waals surface area contributed by atoms with Gasteiger partial charge in [-0.15, -0.1) is 12.4 Å². The lowest BCUT2D eigenvalue weighted by molar-refractivity contribution is 0.0252. The van der Waals surface area contributed by atoms with E-state index in [2.05, 4.69) is 0 Å². The lowest BCUT2D eigenvalue weighted by Crippen LogP contribution is -2.36. The SMILES string of the molecule is CO[C@H]1CN(C(=O)OC(C)(C)C)C[C@H]1N.Cl. The molecule has 1 heterocycles. The molecule has 5 nitrogen and oxygen atoms in total. The van der Waals surface area contributed by atoms with Crippen LogP contribution in [0.25, 0.3) is 0 Å². The molecule has 0 spiro atoms. The van der Waals surface area contributed by atoms with Crippen molar-refractivity contribution in [1.29, 1.82) is 0 Å². The zero-order chi connectivity index (χ0) is 11.6. The van der Waals surface area contributed by atoms with Gasteiger partial charge in [0.15, 0.2) is 0 Å². The Morgan fingerprint density at radius 3 is 2.31 bits per heavy atom. The molecule has 0 aromatic carbocycles. The van der Waals surface area contributed by atoms with Crippen molar-refractivity contribution in [1.82, 2.24) is 4.90 Å². The Balaban J connectivity index is 0.00000225. The van der Waals surface area contributed by atoms with E-state index in [1.165, 1.54) is 0 Å². The van der Waals surface area contributed by atoms with E-state index < -0.39 is 5.60 Å². The molecule has 0 bridgehead atoms. The van der Waals surface area contributed by atoms with Gasteiger partial charge in [0.05, 0.1) is 18.7 Å². The fraction of sp³-hybridized carbons (Fsp3) is 0.900. The van der Waals surface area contributed by atoms with Crippen molar-refractivity contribution in [2.45, 2.75) is 38.5 Å². The summed E-state index contributed by atoms with van der Waals surface area (Å²) in [5, 5.41) is 0. The van der Waals surface area contributed by atoms with Crippen molar-refractivity contribution in [3.05, 3.63) is 0 Å². The van der Waals surface area contributed by atoms with Gasteiger partial charge >= 0.3 is 6.09 Å². The average Bonchev–Trinajstić information content (AvgIpc) is 2.43. The van der Waals surface area contributed by atoms with Crippen molar-refractivity contribution >= 4 is 18.5 Å². The van der Waals surface area contributed by atoms with Crippen molar-refractivity contribution in [2.75, 3.05) is 20.2 Å². The van der Waals surface area contributed by atoms with E-state index in [1.54, 1.807) is 12.0 Å². The van der Waals surface area contributed by atoms with E-state index in [4.69, 9.17) is 15.2 Å². The van der Waals surface area contributed by atoms with E-state index in [0.29, 0.717) is 13.1 Å². The van der Waals surface area contributed by atoms with E-state index in [1.807, 2.05) is 20.8 Å². The number of halogens is 1. The molecule has 16 heavy (non-hydrogen) atoms. The third kappa shape index (κ3) is 4.15. The average molecular weight is 253 g/mol. The van der Waals surface area contributed by atoms with Crippen molar-refractivity contribution in [3.63, 3.8) is 0 Å². The van der Waals surface area contributed by atoms with Gasteiger partial charge in [-0.05, 0) is 20.8 Å². The first kappa shape index (κ1) is 15.5. The largest absolute Gasteiger partial charge is 0.444 e. The Kier molecular flexibility index (Phi) is 5.52. The lowest BCUT2D eigenvalue weighted by Gasteiger charge is -2.24. The summed E-state index contributed by atoms with van der Waals surface area (Å²) in [4.78, 5) is 13.2. The van der Waals surface area contributed by atoms with Crippen LogP contribution in [0.15, 0.2) is 0 Å². The first-order valence-corrected chi connectivity index (χ1v) is 5.10. The van der Waals surface area contributed by atoms with Crippen LogP contribution < -0.4 is 5.73 Å². The number of carbonyl (C=O) groups is 1. The Morgan fingerprint density at radius 2 is 1.94 bits per heavy atom. The summed E-state index contributed by atoms with van der Waals surface area (Å²) in [6, 6.07) is -0.123. The summed E-state index contributed by atoms with van der Waals surface area (Å²) in [6.07, 6.45) is -0.407. The normalized spacial score (nSPS) is 25.2. The van der Waals surface area contributed by atoms with Gasteiger partial charge in [0.1, 0.15) is 5.60 Å². The molecule has 0 unspecified atom stereocenters. The summed E-state index contributed by atoms with van der Waals surface area (Å²) in [5.74, 6) is 0. The monoisotopic (exact) mass is 252 g/mol. The quantitative estimate of drug-likeness (QED) is 0.756. The van der Waals surface area contributed by atoms with Gasteiger partial charge < -0.3 is 20.1 Å². The van der Waals surface area contributed by atoms with E-state index >= 15 is 0 Å². The highest BCUT2D eigenvalue weighted by molar-refractivity contribution is 5.85. The second-order valence-electron chi connectivity index (χ2n) is 4.82. The summed E-state index contributed by atoms with van der Waals surface area (Å²) < 4.78 is 10.4. The van der Waals surface area contributed by atoms with Crippen LogP contribution in [0.1, 0.15) is 20.8 Å². The molecule has 1 amide bonds. The molecule has 1 aliphatic heterocycles. The van der Waals surface area contributed by atoms with Crippen molar-refractivity contribution in [2.24, 2.45) is 5.73 Å². The third-order valence-corrected chi connectivity index (χ3v) is 2.26. The van der Waals surface area contributed by atoms with Gasteiger partial charge in [-0.1, -0.05) is 0 Å². The topological polar surface area (TPSA) is 64.8 Å². The highest BCUT2D eigenvalue weighted by atomic mass is 35.5. The number of carbonyl (C=O) groups excluding carboxylic acids is 1. The standard InChI is InChI=1S/C10H20N2O3.ClH/c1-10(2,3)15-9(13)12-5-7(11)8(6-12)14-4;/h7-8H,5-6,11H2,1-4H3;1H/t7-,8+;/m1./s1. The highest BCUT2D eigenvalue weighted by Gasteiger charge is 2.35. The molecule has 0 saturated carbocycles. The van der Waals surface area contributed by atoms with Crippen LogP contribution in [-0.4, -0.2) is 48.9 Å². The predicted octanol–water partition coefficient (Wildman–Crippen LogP) is 1.00. The van der Waals surface area contributed by atoms with Crippen LogP contribution in [0.2, 0.25) is 0 Å². The molecule has 0 aliphatic carbocycles. The van der Waals surface area contributed by atoms with E-state index in [9.17, 15) is 4.79 Å². The van der Waals surface area contributed by atoms with Gasteiger partial charge in [-0.25, -0.2) is 4.79 Å². The minimum absolute atomic E-state index is 0. The number of hydrogen-bond acceptors (Lipinski definition) is 4. The first-order valence-electron chi connectivity index (χ1n) is 5.10. The molecule has 6 heteroatoms. The molecule has 2 atom stereocenters. The second kappa shape index (κ2) is 5.70. The summed E-state index contributed by atoms with van der Waals surface area (Å²) in [6.45, 7) is 6.53. The number of likely N-dealkylation sites (tertiary alicyclic amines) is 1. The number of rotatable bonds is 1. The zero-order valence-electron chi connectivity index (χ0n) is 10.2. The maximum absolute atomic E-state index is 11.7. The first-order chi connectivity index (χ1) is 6.83. The third-order valence-electron chi connectivity index (χ3n) is 2.26. The lowest BCUT2D eigenvalue weighted by atomic mass is 10.2. The second-order valence-corrected chi connectivity index (χ2v) is 4.82. The summed E-state index contributed by atoms with van der Waals surface area (Å²) >= 11 is 0. The van der Waals surface area contributed by atoms with Crippen LogP contribution in [0.4, 0.5) is 4.79 Å².